The molecular weight excluding hydrogens is 649 g/mol. The van der Waals surface area contributed by atoms with E-state index in [0.717, 1.165) is 89.5 Å². The van der Waals surface area contributed by atoms with Gasteiger partial charge in [0.05, 0.1) is 0 Å². The number of hydrogen-bond donors (Lipinski definition) is 4. The van der Waals surface area contributed by atoms with Crippen LogP contribution in [-0.4, -0.2) is 5.48 Å². The van der Waals surface area contributed by atoms with Crippen LogP contribution < -0.4 is 22.9 Å². The average Bonchev–Trinajstić information content (AvgIpc) is 3.20. The van der Waals surface area contributed by atoms with E-state index in [2.05, 4.69) is 72.8 Å². The molecule has 0 amide bonds. The third-order valence-electron chi connectivity index (χ3n) is 9.06. The Morgan fingerprint density at radius 1 is 0.226 bits per heavy atom. The maximum atomic E-state index is 6.29. The smallest absolute Gasteiger partial charge is 0.0326 e. The Labute approximate surface area is 311 Å². The first-order valence-corrected chi connectivity index (χ1v) is 17.2. The molecule has 8 aromatic carbocycles. The van der Waals surface area contributed by atoms with Gasteiger partial charge < -0.3 is 28.4 Å². The van der Waals surface area contributed by atoms with Crippen LogP contribution in [0.3, 0.4) is 0 Å². The molecule has 5 heteroatoms. The minimum Gasteiger partial charge on any atom is -0.412 e. The Morgan fingerprint density at radius 3 is 0.679 bits per heavy atom. The highest BCUT2D eigenvalue weighted by Crippen LogP contribution is 2.43. The highest BCUT2D eigenvalue weighted by Gasteiger charge is 2.17. The molecule has 0 bridgehead atoms. The van der Waals surface area contributed by atoms with Crippen molar-refractivity contribution >= 4 is 22.7 Å². The quantitative estimate of drug-likeness (QED) is 0.129. The molecular formula is C48H42N4O. The van der Waals surface area contributed by atoms with Gasteiger partial charge in [-0.1, -0.05) is 146 Å². The molecule has 0 aromatic heterocycles. The average molecular weight is 691 g/mol. The van der Waals surface area contributed by atoms with Gasteiger partial charge in [0.25, 0.3) is 0 Å². The minimum atomic E-state index is 0. The fourth-order valence-electron chi connectivity index (χ4n) is 6.63. The van der Waals surface area contributed by atoms with Crippen molar-refractivity contribution in [3.8, 4) is 66.8 Å². The second kappa shape index (κ2) is 16.3. The minimum absolute atomic E-state index is 0. The standard InChI is InChI=1S/2C24H20N2.H2O/c2*25-20-13-11-19(12-14-20)24-22(17-7-3-1-4-8-17)15-21(26)16-23(24)18-9-5-2-6-10-18;/h2*1-16H,25-26H2;1H2. The summed E-state index contributed by atoms with van der Waals surface area (Å²) in [4.78, 5) is 0. The van der Waals surface area contributed by atoms with E-state index in [9.17, 15) is 0 Å². The van der Waals surface area contributed by atoms with Gasteiger partial charge >= 0.3 is 0 Å². The molecule has 53 heavy (non-hydrogen) atoms. The SMILES string of the molecule is Nc1ccc(-c2c(-c3ccccc3)cc(N)cc2-c2ccccc2)cc1.Nc1ccc(-c2c(-c3ccccc3)cc(N)cc2-c2ccccc2)cc1.O. The van der Waals surface area contributed by atoms with Crippen LogP contribution in [0.25, 0.3) is 66.8 Å². The van der Waals surface area contributed by atoms with Gasteiger partial charge in [-0.05, 0) is 115 Å². The van der Waals surface area contributed by atoms with Gasteiger partial charge in [0.1, 0.15) is 0 Å². The number of nitrogens with two attached hydrogens (primary N) is 4. The van der Waals surface area contributed by atoms with Gasteiger partial charge in [0.15, 0.2) is 0 Å². The zero-order valence-corrected chi connectivity index (χ0v) is 29.3. The molecule has 8 rings (SSSR count). The monoisotopic (exact) mass is 690 g/mol. The number of hydrogen-bond acceptors (Lipinski definition) is 4. The second-order valence-corrected chi connectivity index (χ2v) is 12.7. The first kappa shape index (κ1) is 35.7. The summed E-state index contributed by atoms with van der Waals surface area (Å²) in [5.41, 5.74) is 41.0. The van der Waals surface area contributed by atoms with Crippen molar-refractivity contribution in [2.75, 3.05) is 22.9 Å². The Bertz CT molecular complexity index is 2100. The van der Waals surface area contributed by atoms with Crippen molar-refractivity contribution < 1.29 is 5.48 Å². The van der Waals surface area contributed by atoms with Crippen LogP contribution in [0.2, 0.25) is 0 Å². The molecule has 0 spiro atoms. The molecule has 0 fully saturated rings. The summed E-state index contributed by atoms with van der Waals surface area (Å²) in [6, 6.07) is 65.6. The summed E-state index contributed by atoms with van der Waals surface area (Å²) in [5, 5.41) is 0. The highest BCUT2D eigenvalue weighted by atomic mass is 16.0. The Hall–Kier alpha value is -7.08. The van der Waals surface area contributed by atoms with Crippen molar-refractivity contribution in [2.45, 2.75) is 0 Å². The van der Waals surface area contributed by atoms with Crippen molar-refractivity contribution in [3.63, 3.8) is 0 Å². The third kappa shape index (κ3) is 8.12. The predicted octanol–water partition coefficient (Wildman–Crippen LogP) is 10.9. The summed E-state index contributed by atoms with van der Waals surface area (Å²) in [5.74, 6) is 0. The van der Waals surface area contributed by atoms with Crippen molar-refractivity contribution in [1.29, 1.82) is 0 Å². The Kier molecular flexibility index (Phi) is 11.0. The molecule has 0 aliphatic rings. The van der Waals surface area contributed by atoms with Crippen LogP contribution >= 0.6 is 0 Å². The zero-order valence-electron chi connectivity index (χ0n) is 29.3. The van der Waals surface area contributed by atoms with E-state index >= 15 is 0 Å². The number of rotatable bonds is 6. The normalized spacial score (nSPS) is 10.4. The summed E-state index contributed by atoms with van der Waals surface area (Å²) in [6.45, 7) is 0. The van der Waals surface area contributed by atoms with E-state index in [1.165, 1.54) is 0 Å². The molecule has 0 saturated carbocycles. The second-order valence-electron chi connectivity index (χ2n) is 12.7. The molecule has 8 aromatic rings. The molecule has 5 nitrogen and oxygen atoms in total. The lowest BCUT2D eigenvalue weighted by Gasteiger charge is -2.17. The summed E-state index contributed by atoms with van der Waals surface area (Å²) in [7, 11) is 0. The van der Waals surface area contributed by atoms with Gasteiger partial charge in [-0.15, -0.1) is 0 Å². The molecule has 0 unspecified atom stereocenters. The fourth-order valence-corrected chi connectivity index (χ4v) is 6.63. The van der Waals surface area contributed by atoms with Gasteiger partial charge in [-0.2, -0.15) is 0 Å². The Morgan fingerprint density at radius 2 is 0.453 bits per heavy atom. The maximum Gasteiger partial charge on any atom is 0.0326 e. The molecule has 0 radical (unpaired) electrons. The molecule has 0 heterocycles. The van der Waals surface area contributed by atoms with Gasteiger partial charge in [-0.3, -0.25) is 0 Å². The van der Waals surface area contributed by atoms with E-state index in [4.69, 9.17) is 22.9 Å². The lowest BCUT2D eigenvalue weighted by molar-refractivity contribution is 0.824. The molecule has 10 N–H and O–H groups in total. The van der Waals surface area contributed by atoms with Crippen LogP contribution in [-0.2, 0) is 0 Å². The molecule has 0 saturated heterocycles. The zero-order chi connectivity index (χ0) is 35.9. The highest BCUT2D eigenvalue weighted by molar-refractivity contribution is 5.98. The van der Waals surface area contributed by atoms with Crippen LogP contribution in [0, 0.1) is 0 Å². The van der Waals surface area contributed by atoms with Crippen LogP contribution in [0.1, 0.15) is 0 Å². The van der Waals surface area contributed by atoms with E-state index in [1.807, 2.05) is 121 Å². The van der Waals surface area contributed by atoms with E-state index in [0.29, 0.717) is 0 Å². The largest absolute Gasteiger partial charge is 0.412 e. The molecule has 260 valence electrons. The summed E-state index contributed by atoms with van der Waals surface area (Å²) < 4.78 is 0. The van der Waals surface area contributed by atoms with Crippen LogP contribution in [0.4, 0.5) is 22.7 Å². The summed E-state index contributed by atoms with van der Waals surface area (Å²) in [6.07, 6.45) is 0. The van der Waals surface area contributed by atoms with Crippen LogP contribution in [0.5, 0.6) is 0 Å². The van der Waals surface area contributed by atoms with E-state index in [1.54, 1.807) is 0 Å². The maximum absolute atomic E-state index is 6.29. The lowest BCUT2D eigenvalue weighted by atomic mass is 9.87. The van der Waals surface area contributed by atoms with Gasteiger partial charge in [-0.25, -0.2) is 0 Å². The Balaban J connectivity index is 0.000000178. The fraction of sp³-hybridized carbons (Fsp3) is 0. The molecule has 0 aliphatic carbocycles. The van der Waals surface area contributed by atoms with Gasteiger partial charge in [0.2, 0.25) is 0 Å². The van der Waals surface area contributed by atoms with Gasteiger partial charge in [0, 0.05) is 22.7 Å². The number of anilines is 4. The first-order chi connectivity index (χ1) is 25.4. The van der Waals surface area contributed by atoms with Crippen molar-refractivity contribution in [2.24, 2.45) is 0 Å². The first-order valence-electron chi connectivity index (χ1n) is 17.2. The third-order valence-corrected chi connectivity index (χ3v) is 9.06. The number of benzene rings is 8. The van der Waals surface area contributed by atoms with E-state index < -0.39 is 0 Å². The predicted molar refractivity (Wildman–Crippen MR) is 227 cm³/mol. The van der Waals surface area contributed by atoms with Crippen LogP contribution in [0.15, 0.2) is 194 Å². The lowest BCUT2D eigenvalue weighted by Crippen LogP contribution is -1.95. The molecule has 0 aliphatic heterocycles. The van der Waals surface area contributed by atoms with Crippen molar-refractivity contribution in [1.82, 2.24) is 0 Å². The molecule has 0 atom stereocenters. The summed E-state index contributed by atoms with van der Waals surface area (Å²) >= 11 is 0. The van der Waals surface area contributed by atoms with E-state index in [-0.39, 0.29) is 5.48 Å². The topological polar surface area (TPSA) is 136 Å². The van der Waals surface area contributed by atoms with Crippen molar-refractivity contribution in [3.05, 3.63) is 194 Å². The number of nitrogen functional groups attached to an aromatic ring is 4.